The molecule has 0 fully saturated rings. The highest BCUT2D eigenvalue weighted by Crippen LogP contribution is 2.30. The molecule has 0 unspecified atom stereocenters. The Hall–Kier alpha value is -1.68. The van der Waals surface area contributed by atoms with E-state index in [0.29, 0.717) is 17.1 Å². The molecule has 0 spiro atoms. The lowest BCUT2D eigenvalue weighted by Gasteiger charge is -2.07. The summed E-state index contributed by atoms with van der Waals surface area (Å²) in [5.74, 6) is 0. The molecule has 2 aromatic heterocycles. The number of thiophene rings is 1. The zero-order valence-electron chi connectivity index (χ0n) is 9.55. The van der Waals surface area contributed by atoms with Gasteiger partial charge in [0.15, 0.2) is 0 Å². The van der Waals surface area contributed by atoms with Crippen molar-refractivity contribution in [2.75, 3.05) is 5.32 Å². The van der Waals surface area contributed by atoms with Crippen LogP contribution in [0.15, 0.2) is 23.6 Å². The Bertz CT molecular complexity index is 771. The van der Waals surface area contributed by atoms with Crippen LogP contribution in [0.4, 0.5) is 5.69 Å². The van der Waals surface area contributed by atoms with Gasteiger partial charge in [-0.15, -0.1) is 11.3 Å². The molecule has 3 rings (SSSR count). The number of nitrogens with zero attached hydrogens (tertiary/aromatic N) is 3. The Kier molecular flexibility index (Phi) is 3.34. The molecule has 94 valence electrons. The van der Waals surface area contributed by atoms with E-state index in [1.165, 1.54) is 11.7 Å². The minimum absolute atomic E-state index is 0.614. The molecule has 3 aromatic rings. The predicted octanol–water partition coefficient (Wildman–Crippen LogP) is 3.89. The molecule has 1 aromatic carbocycles. The van der Waals surface area contributed by atoms with E-state index < -0.39 is 0 Å². The fourth-order valence-corrected chi connectivity index (χ4v) is 3.21. The topological polar surface area (TPSA) is 61.6 Å². The summed E-state index contributed by atoms with van der Waals surface area (Å²) in [6, 6.07) is 7.65. The molecule has 19 heavy (non-hydrogen) atoms. The van der Waals surface area contributed by atoms with Gasteiger partial charge in [0.1, 0.15) is 17.1 Å². The third-order valence-electron chi connectivity index (χ3n) is 2.60. The van der Waals surface area contributed by atoms with E-state index in [1.54, 1.807) is 11.3 Å². The van der Waals surface area contributed by atoms with Crippen LogP contribution in [-0.2, 0) is 6.54 Å². The number of fused-ring (bicyclic) bond motifs is 1. The fraction of sp³-hybridized carbons (Fsp3) is 0.0833. The Balaban J connectivity index is 1.87. The number of nitriles is 1. The summed E-state index contributed by atoms with van der Waals surface area (Å²) in [5, 5.41) is 14.5. The monoisotopic (exact) mass is 306 g/mol. The van der Waals surface area contributed by atoms with Gasteiger partial charge < -0.3 is 5.32 Å². The average Bonchev–Trinajstić information content (AvgIpc) is 3.05. The minimum Gasteiger partial charge on any atom is -0.377 e. The molecule has 0 saturated heterocycles. The van der Waals surface area contributed by atoms with Gasteiger partial charge in [0.25, 0.3) is 0 Å². The number of hydrogen-bond acceptors (Lipinski definition) is 6. The lowest BCUT2D eigenvalue weighted by atomic mass is 10.2. The van der Waals surface area contributed by atoms with Gasteiger partial charge in [0.2, 0.25) is 0 Å². The maximum absolute atomic E-state index is 8.79. The zero-order valence-corrected chi connectivity index (χ0v) is 11.9. The summed E-state index contributed by atoms with van der Waals surface area (Å²) < 4.78 is 8.43. The second-order valence-electron chi connectivity index (χ2n) is 3.82. The maximum Gasteiger partial charge on any atom is 0.129 e. The van der Waals surface area contributed by atoms with Crippen molar-refractivity contribution in [3.05, 3.63) is 39.0 Å². The van der Waals surface area contributed by atoms with Crippen LogP contribution in [-0.4, -0.2) is 8.75 Å². The SMILES string of the molecule is N#Cc1csc(CNc2c(Cl)ccc3nsnc23)c1. The highest BCUT2D eigenvalue weighted by molar-refractivity contribution is 7.10. The molecule has 7 heteroatoms. The molecule has 0 saturated carbocycles. The van der Waals surface area contributed by atoms with Crippen molar-refractivity contribution in [3.8, 4) is 6.07 Å². The van der Waals surface area contributed by atoms with Crippen LogP contribution < -0.4 is 5.32 Å². The van der Waals surface area contributed by atoms with Crippen LogP contribution in [0, 0.1) is 11.3 Å². The van der Waals surface area contributed by atoms with Gasteiger partial charge in [-0.3, -0.25) is 0 Å². The standard InChI is InChI=1S/C12H7ClN4S2/c13-9-1-2-10-12(17-19-16-10)11(9)15-5-8-3-7(4-14)6-18-8/h1-3,6,15H,5H2. The zero-order chi connectivity index (χ0) is 13.2. The summed E-state index contributed by atoms with van der Waals surface area (Å²) in [7, 11) is 0. The van der Waals surface area contributed by atoms with E-state index in [4.69, 9.17) is 16.9 Å². The van der Waals surface area contributed by atoms with Crippen LogP contribution in [0.1, 0.15) is 10.4 Å². The van der Waals surface area contributed by atoms with Crippen LogP contribution in [0.25, 0.3) is 11.0 Å². The molecular formula is C12H7ClN4S2. The molecule has 0 aliphatic rings. The fourth-order valence-electron chi connectivity index (χ4n) is 1.70. The van der Waals surface area contributed by atoms with Crippen LogP contribution >= 0.6 is 34.7 Å². The number of halogens is 1. The molecule has 0 aliphatic heterocycles. The Morgan fingerprint density at radius 2 is 2.26 bits per heavy atom. The van der Waals surface area contributed by atoms with Crippen molar-refractivity contribution < 1.29 is 0 Å². The molecule has 1 N–H and O–H groups in total. The average molecular weight is 307 g/mol. The summed E-state index contributed by atoms with van der Waals surface area (Å²) in [6.45, 7) is 0.614. The molecule has 2 heterocycles. The number of aromatic nitrogens is 2. The van der Waals surface area contributed by atoms with Crippen molar-refractivity contribution in [2.45, 2.75) is 6.54 Å². The minimum atomic E-state index is 0.614. The van der Waals surface area contributed by atoms with E-state index in [1.807, 2.05) is 23.6 Å². The van der Waals surface area contributed by atoms with Crippen molar-refractivity contribution in [3.63, 3.8) is 0 Å². The summed E-state index contributed by atoms with van der Waals surface area (Å²) in [4.78, 5) is 1.08. The Morgan fingerprint density at radius 1 is 1.37 bits per heavy atom. The number of hydrogen-bond donors (Lipinski definition) is 1. The normalized spacial score (nSPS) is 10.5. The second-order valence-corrected chi connectivity index (χ2v) is 5.75. The summed E-state index contributed by atoms with van der Waals surface area (Å²) >= 11 is 8.90. The van der Waals surface area contributed by atoms with E-state index >= 15 is 0 Å². The lowest BCUT2D eigenvalue weighted by molar-refractivity contribution is 1.20. The summed E-state index contributed by atoms with van der Waals surface area (Å²) in [5.41, 5.74) is 3.09. The highest BCUT2D eigenvalue weighted by atomic mass is 35.5. The number of anilines is 1. The first-order valence-corrected chi connectivity index (χ1v) is 7.39. The number of nitrogens with one attached hydrogen (secondary N) is 1. The smallest absolute Gasteiger partial charge is 0.129 e. The molecule has 0 bridgehead atoms. The second kappa shape index (κ2) is 5.13. The van der Waals surface area contributed by atoms with Gasteiger partial charge in [-0.2, -0.15) is 14.0 Å². The van der Waals surface area contributed by atoms with Crippen molar-refractivity contribution in [1.29, 1.82) is 5.26 Å². The first kappa shape index (κ1) is 12.4. The van der Waals surface area contributed by atoms with Crippen LogP contribution in [0.2, 0.25) is 5.02 Å². The van der Waals surface area contributed by atoms with Gasteiger partial charge in [0.05, 0.1) is 28.0 Å². The van der Waals surface area contributed by atoms with Crippen LogP contribution in [0.5, 0.6) is 0 Å². The predicted molar refractivity (Wildman–Crippen MR) is 78.8 cm³/mol. The third kappa shape index (κ3) is 2.40. The van der Waals surface area contributed by atoms with Gasteiger partial charge in [0, 0.05) is 16.8 Å². The van der Waals surface area contributed by atoms with E-state index in [9.17, 15) is 0 Å². The maximum atomic E-state index is 8.79. The third-order valence-corrected chi connectivity index (χ3v) is 4.39. The van der Waals surface area contributed by atoms with E-state index in [2.05, 4.69) is 20.1 Å². The first-order chi connectivity index (χ1) is 9.28. The molecule has 0 aliphatic carbocycles. The number of rotatable bonds is 3. The molecule has 0 amide bonds. The van der Waals surface area contributed by atoms with Crippen molar-refractivity contribution in [1.82, 2.24) is 8.75 Å². The lowest BCUT2D eigenvalue weighted by Crippen LogP contribution is -1.99. The van der Waals surface area contributed by atoms with Crippen molar-refractivity contribution in [2.24, 2.45) is 0 Å². The Labute approximate surface area is 122 Å². The molecular weight excluding hydrogens is 300 g/mol. The quantitative estimate of drug-likeness (QED) is 0.797. The molecule has 4 nitrogen and oxygen atoms in total. The first-order valence-electron chi connectivity index (χ1n) is 5.40. The number of benzene rings is 1. The van der Waals surface area contributed by atoms with Gasteiger partial charge in [-0.05, 0) is 18.2 Å². The molecule has 0 radical (unpaired) electrons. The van der Waals surface area contributed by atoms with Gasteiger partial charge in [-0.1, -0.05) is 11.6 Å². The molecule has 0 atom stereocenters. The largest absolute Gasteiger partial charge is 0.377 e. The van der Waals surface area contributed by atoms with Crippen LogP contribution in [0.3, 0.4) is 0 Å². The highest BCUT2D eigenvalue weighted by Gasteiger charge is 2.10. The van der Waals surface area contributed by atoms with E-state index in [0.717, 1.165) is 21.6 Å². The van der Waals surface area contributed by atoms with E-state index in [-0.39, 0.29) is 0 Å². The van der Waals surface area contributed by atoms with Crippen molar-refractivity contribution >= 4 is 51.4 Å². The van der Waals surface area contributed by atoms with Gasteiger partial charge in [-0.25, -0.2) is 0 Å². The summed E-state index contributed by atoms with van der Waals surface area (Å²) in [6.07, 6.45) is 0. The van der Waals surface area contributed by atoms with Gasteiger partial charge >= 0.3 is 0 Å². The Morgan fingerprint density at radius 3 is 3.05 bits per heavy atom.